The number of thiazole rings is 1. The summed E-state index contributed by atoms with van der Waals surface area (Å²) >= 11 is 4.80. The fraction of sp³-hybridized carbons (Fsp3) is 0.182. The summed E-state index contributed by atoms with van der Waals surface area (Å²) in [5.74, 6) is -0.195. The highest BCUT2D eigenvalue weighted by atomic mass is 79.9. The Morgan fingerprint density at radius 3 is 3.00 bits per heavy atom. The maximum absolute atomic E-state index is 11.8. The van der Waals surface area contributed by atoms with Crippen molar-refractivity contribution < 1.29 is 4.79 Å². The number of nitrogens with zero attached hydrogens (tertiary/aromatic N) is 2. The molecule has 88 valence electrons. The van der Waals surface area contributed by atoms with E-state index in [4.69, 9.17) is 0 Å². The Bertz CT molecular complexity index is 541. The number of rotatable bonds is 3. The molecule has 0 atom stereocenters. The van der Waals surface area contributed by atoms with Gasteiger partial charge in [0.05, 0.1) is 6.54 Å². The molecule has 0 fully saturated rings. The number of aryl methyl sites for hydroxylation is 1. The van der Waals surface area contributed by atoms with E-state index in [1.54, 1.807) is 35.7 Å². The van der Waals surface area contributed by atoms with Gasteiger partial charge in [-0.3, -0.25) is 4.79 Å². The number of carbonyl (C=O) groups excluding carboxylic acids is 1. The first-order chi connectivity index (χ1) is 8.15. The van der Waals surface area contributed by atoms with Crippen molar-refractivity contribution in [2.24, 2.45) is 0 Å². The molecule has 0 radical (unpaired) electrons. The highest BCUT2D eigenvalue weighted by Crippen LogP contribution is 2.11. The second-order valence-corrected chi connectivity index (χ2v) is 5.52. The van der Waals surface area contributed by atoms with Gasteiger partial charge in [-0.25, -0.2) is 9.97 Å². The minimum atomic E-state index is -0.195. The average Bonchev–Trinajstić information content (AvgIpc) is 2.72. The predicted molar refractivity (Wildman–Crippen MR) is 70.0 cm³/mol. The third-order valence-electron chi connectivity index (χ3n) is 2.02. The van der Waals surface area contributed by atoms with Crippen LogP contribution in [0, 0.1) is 6.92 Å². The number of halogens is 1. The van der Waals surface area contributed by atoms with E-state index in [-0.39, 0.29) is 5.91 Å². The zero-order valence-electron chi connectivity index (χ0n) is 9.11. The molecule has 0 bridgehead atoms. The van der Waals surface area contributed by atoms with Gasteiger partial charge in [0, 0.05) is 11.1 Å². The van der Waals surface area contributed by atoms with E-state index in [0.717, 1.165) is 9.88 Å². The van der Waals surface area contributed by atoms with Gasteiger partial charge in [0.15, 0.2) is 0 Å². The first kappa shape index (κ1) is 12.2. The fourth-order valence-electron chi connectivity index (χ4n) is 1.26. The van der Waals surface area contributed by atoms with Crippen molar-refractivity contribution in [2.45, 2.75) is 13.5 Å². The third-order valence-corrected chi connectivity index (χ3v) is 3.37. The molecule has 1 amide bonds. The molecule has 0 aliphatic rings. The van der Waals surface area contributed by atoms with E-state index < -0.39 is 0 Å². The molecule has 0 aromatic carbocycles. The molecule has 0 spiro atoms. The zero-order valence-corrected chi connectivity index (χ0v) is 11.5. The van der Waals surface area contributed by atoms with Gasteiger partial charge in [-0.2, -0.15) is 0 Å². The number of pyridine rings is 1. The molecule has 4 nitrogen and oxygen atoms in total. The Morgan fingerprint density at radius 2 is 2.35 bits per heavy atom. The van der Waals surface area contributed by atoms with Crippen molar-refractivity contribution in [1.82, 2.24) is 15.3 Å². The summed E-state index contributed by atoms with van der Waals surface area (Å²) in [5, 5.41) is 3.68. The number of carbonyl (C=O) groups is 1. The number of hydrogen-bond acceptors (Lipinski definition) is 4. The molecule has 0 saturated carbocycles. The van der Waals surface area contributed by atoms with Gasteiger partial charge in [-0.1, -0.05) is 6.07 Å². The minimum absolute atomic E-state index is 0.195. The lowest BCUT2D eigenvalue weighted by Gasteiger charge is -2.02. The molecule has 2 aromatic rings. The standard InChI is InChI=1S/C11H10BrN3OS/c1-7-5-13-10(17-7)6-14-11(16)8-3-2-4-9(12)15-8/h2-5H,6H2,1H3,(H,14,16). The number of nitrogens with one attached hydrogen (secondary N) is 1. The minimum Gasteiger partial charge on any atom is -0.344 e. The second kappa shape index (κ2) is 5.37. The van der Waals surface area contributed by atoms with Crippen LogP contribution in [0.1, 0.15) is 20.4 Å². The van der Waals surface area contributed by atoms with Gasteiger partial charge in [0.25, 0.3) is 5.91 Å². The van der Waals surface area contributed by atoms with Gasteiger partial charge < -0.3 is 5.32 Å². The summed E-state index contributed by atoms with van der Waals surface area (Å²) in [6, 6.07) is 5.23. The van der Waals surface area contributed by atoms with Gasteiger partial charge in [0.2, 0.25) is 0 Å². The summed E-state index contributed by atoms with van der Waals surface area (Å²) in [7, 11) is 0. The van der Waals surface area contributed by atoms with Crippen molar-refractivity contribution in [3.63, 3.8) is 0 Å². The summed E-state index contributed by atoms with van der Waals surface area (Å²) in [6.45, 7) is 2.42. The monoisotopic (exact) mass is 311 g/mol. The molecule has 0 aliphatic carbocycles. The highest BCUT2D eigenvalue weighted by Gasteiger charge is 2.08. The van der Waals surface area contributed by atoms with Crippen LogP contribution in [-0.4, -0.2) is 15.9 Å². The highest BCUT2D eigenvalue weighted by molar-refractivity contribution is 9.10. The van der Waals surface area contributed by atoms with Crippen molar-refractivity contribution in [1.29, 1.82) is 0 Å². The lowest BCUT2D eigenvalue weighted by atomic mass is 10.3. The van der Waals surface area contributed by atoms with Gasteiger partial charge in [-0.15, -0.1) is 11.3 Å². The van der Waals surface area contributed by atoms with Gasteiger partial charge >= 0.3 is 0 Å². The number of aromatic nitrogens is 2. The Labute approximate surface area is 111 Å². The Hall–Kier alpha value is -1.27. The SMILES string of the molecule is Cc1cnc(CNC(=O)c2cccc(Br)n2)s1. The van der Waals surface area contributed by atoms with E-state index in [2.05, 4.69) is 31.2 Å². The maximum atomic E-state index is 11.8. The quantitative estimate of drug-likeness (QED) is 0.886. The van der Waals surface area contributed by atoms with E-state index >= 15 is 0 Å². The summed E-state index contributed by atoms with van der Waals surface area (Å²) in [6.07, 6.45) is 1.80. The molecule has 0 saturated heterocycles. The van der Waals surface area contributed by atoms with Crippen LogP contribution in [0.3, 0.4) is 0 Å². The second-order valence-electron chi connectivity index (χ2n) is 3.39. The molecule has 17 heavy (non-hydrogen) atoms. The Balaban J connectivity index is 1.98. The first-order valence-electron chi connectivity index (χ1n) is 4.97. The van der Waals surface area contributed by atoms with Gasteiger partial charge in [-0.05, 0) is 35.0 Å². The maximum Gasteiger partial charge on any atom is 0.270 e. The molecular weight excluding hydrogens is 302 g/mol. The lowest BCUT2D eigenvalue weighted by Crippen LogP contribution is -2.23. The predicted octanol–water partition coefficient (Wildman–Crippen LogP) is 2.54. The van der Waals surface area contributed by atoms with Crippen LogP contribution in [0.15, 0.2) is 29.0 Å². The molecule has 1 N–H and O–H groups in total. The molecule has 0 unspecified atom stereocenters. The van der Waals surface area contributed by atoms with Crippen LogP contribution >= 0.6 is 27.3 Å². The Morgan fingerprint density at radius 1 is 1.53 bits per heavy atom. The van der Waals surface area contributed by atoms with Crippen molar-refractivity contribution in [3.8, 4) is 0 Å². The fourth-order valence-corrected chi connectivity index (χ4v) is 2.33. The summed E-state index contributed by atoms with van der Waals surface area (Å²) in [5.41, 5.74) is 0.396. The first-order valence-corrected chi connectivity index (χ1v) is 6.58. The van der Waals surface area contributed by atoms with E-state index in [1.807, 2.05) is 6.92 Å². The topological polar surface area (TPSA) is 54.9 Å². The lowest BCUT2D eigenvalue weighted by molar-refractivity contribution is 0.0945. The molecule has 2 aromatic heterocycles. The van der Waals surface area contributed by atoms with Crippen LogP contribution in [0.5, 0.6) is 0 Å². The van der Waals surface area contributed by atoms with Crippen LogP contribution in [0.4, 0.5) is 0 Å². The average molecular weight is 312 g/mol. The Kier molecular flexibility index (Phi) is 3.86. The van der Waals surface area contributed by atoms with E-state index in [0.29, 0.717) is 16.8 Å². The summed E-state index contributed by atoms with van der Waals surface area (Å²) in [4.78, 5) is 21.1. The molecule has 2 rings (SSSR count). The van der Waals surface area contributed by atoms with Crippen LogP contribution in [0.2, 0.25) is 0 Å². The molecule has 0 aliphatic heterocycles. The molecular formula is C11H10BrN3OS. The zero-order chi connectivity index (χ0) is 12.3. The van der Waals surface area contributed by atoms with Crippen LogP contribution < -0.4 is 5.32 Å². The van der Waals surface area contributed by atoms with Crippen molar-refractivity contribution >= 4 is 33.2 Å². The third kappa shape index (κ3) is 3.34. The number of hydrogen-bond donors (Lipinski definition) is 1. The van der Waals surface area contributed by atoms with Crippen molar-refractivity contribution in [3.05, 3.63) is 44.6 Å². The van der Waals surface area contributed by atoms with E-state index in [9.17, 15) is 4.79 Å². The van der Waals surface area contributed by atoms with Gasteiger partial charge in [0.1, 0.15) is 15.3 Å². The van der Waals surface area contributed by atoms with Crippen molar-refractivity contribution in [2.75, 3.05) is 0 Å². The largest absolute Gasteiger partial charge is 0.344 e. The number of amides is 1. The smallest absolute Gasteiger partial charge is 0.270 e. The van der Waals surface area contributed by atoms with Crippen LogP contribution in [-0.2, 0) is 6.54 Å². The van der Waals surface area contributed by atoms with E-state index in [1.165, 1.54) is 0 Å². The molecule has 6 heteroatoms. The normalized spacial score (nSPS) is 10.2. The van der Waals surface area contributed by atoms with Crippen LogP contribution in [0.25, 0.3) is 0 Å². The molecule has 2 heterocycles. The summed E-state index contributed by atoms with van der Waals surface area (Å²) < 4.78 is 0.648.